The van der Waals surface area contributed by atoms with Gasteiger partial charge in [-0.3, -0.25) is 4.79 Å². The molecule has 6 heteroatoms. The summed E-state index contributed by atoms with van der Waals surface area (Å²) in [6.45, 7) is 3.06. The van der Waals surface area contributed by atoms with Crippen molar-refractivity contribution in [1.82, 2.24) is 0 Å². The van der Waals surface area contributed by atoms with E-state index < -0.39 is 23.8 Å². The smallest absolute Gasteiger partial charge is 0.344 e. The maximum atomic E-state index is 12.8. The van der Waals surface area contributed by atoms with Crippen LogP contribution >= 0.6 is 0 Å². The number of nitrogens with one attached hydrogen (secondary N) is 1. The lowest BCUT2D eigenvalue weighted by molar-refractivity contribution is -0.155. The third-order valence-electron chi connectivity index (χ3n) is 3.14. The Bertz CT molecular complexity index is 715. The SMILES string of the molecule is Cc1cccc(OCC(=O)O[C@H](C)C(=O)Nc2ccc(F)cc2)c1. The van der Waals surface area contributed by atoms with Gasteiger partial charge in [-0.25, -0.2) is 9.18 Å². The molecule has 0 saturated carbocycles. The molecule has 2 aromatic carbocycles. The van der Waals surface area contributed by atoms with Crippen molar-refractivity contribution in [3.63, 3.8) is 0 Å². The molecule has 0 saturated heterocycles. The Morgan fingerprint density at radius 2 is 1.88 bits per heavy atom. The first-order valence-corrected chi connectivity index (χ1v) is 7.39. The summed E-state index contributed by atoms with van der Waals surface area (Å²) in [5, 5.41) is 2.53. The first-order chi connectivity index (χ1) is 11.4. The van der Waals surface area contributed by atoms with Gasteiger partial charge < -0.3 is 14.8 Å². The average Bonchev–Trinajstić information content (AvgIpc) is 2.55. The fraction of sp³-hybridized carbons (Fsp3) is 0.222. The molecule has 0 heterocycles. The highest BCUT2D eigenvalue weighted by Crippen LogP contribution is 2.12. The molecule has 1 N–H and O–H groups in total. The van der Waals surface area contributed by atoms with Crippen LogP contribution in [0.2, 0.25) is 0 Å². The van der Waals surface area contributed by atoms with Gasteiger partial charge in [0, 0.05) is 5.69 Å². The summed E-state index contributed by atoms with van der Waals surface area (Å²) in [4.78, 5) is 23.7. The molecule has 5 nitrogen and oxygen atoms in total. The van der Waals surface area contributed by atoms with Gasteiger partial charge in [0.15, 0.2) is 12.7 Å². The molecular weight excluding hydrogens is 313 g/mol. The molecule has 126 valence electrons. The van der Waals surface area contributed by atoms with Gasteiger partial charge in [0.05, 0.1) is 0 Å². The summed E-state index contributed by atoms with van der Waals surface area (Å²) in [6, 6.07) is 12.5. The van der Waals surface area contributed by atoms with E-state index in [9.17, 15) is 14.0 Å². The number of ether oxygens (including phenoxy) is 2. The first kappa shape index (κ1) is 17.5. The van der Waals surface area contributed by atoms with Crippen molar-refractivity contribution >= 4 is 17.6 Å². The Kier molecular flexibility index (Phi) is 5.89. The van der Waals surface area contributed by atoms with E-state index in [2.05, 4.69) is 5.32 Å². The Hall–Kier alpha value is -2.89. The first-order valence-electron chi connectivity index (χ1n) is 7.39. The molecule has 0 unspecified atom stereocenters. The summed E-state index contributed by atoms with van der Waals surface area (Å²) in [5.74, 6) is -1.01. The van der Waals surface area contributed by atoms with Gasteiger partial charge >= 0.3 is 5.97 Å². The zero-order valence-electron chi connectivity index (χ0n) is 13.4. The number of aryl methyl sites for hydroxylation is 1. The predicted molar refractivity (Wildman–Crippen MR) is 87.3 cm³/mol. The molecule has 2 aromatic rings. The molecule has 0 aromatic heterocycles. The van der Waals surface area contributed by atoms with Crippen LogP contribution < -0.4 is 10.1 Å². The number of esters is 1. The summed E-state index contributed by atoms with van der Waals surface area (Å²) in [7, 11) is 0. The zero-order valence-corrected chi connectivity index (χ0v) is 13.4. The third-order valence-corrected chi connectivity index (χ3v) is 3.14. The third kappa shape index (κ3) is 5.39. The topological polar surface area (TPSA) is 64.6 Å². The van der Waals surface area contributed by atoms with E-state index in [0.29, 0.717) is 11.4 Å². The van der Waals surface area contributed by atoms with E-state index in [1.54, 1.807) is 12.1 Å². The number of carbonyl (C=O) groups is 2. The van der Waals surface area contributed by atoms with Gasteiger partial charge in [0.2, 0.25) is 0 Å². The van der Waals surface area contributed by atoms with E-state index >= 15 is 0 Å². The predicted octanol–water partition coefficient (Wildman–Crippen LogP) is 3.08. The highest BCUT2D eigenvalue weighted by molar-refractivity contribution is 5.95. The highest BCUT2D eigenvalue weighted by atomic mass is 19.1. The van der Waals surface area contributed by atoms with E-state index in [4.69, 9.17) is 9.47 Å². The monoisotopic (exact) mass is 331 g/mol. The molecule has 0 radical (unpaired) electrons. The summed E-state index contributed by atoms with van der Waals surface area (Å²) >= 11 is 0. The second-order valence-corrected chi connectivity index (χ2v) is 5.23. The number of benzene rings is 2. The van der Waals surface area contributed by atoms with Crippen molar-refractivity contribution in [2.75, 3.05) is 11.9 Å². The van der Waals surface area contributed by atoms with Crippen LogP contribution in [0.3, 0.4) is 0 Å². The second kappa shape index (κ2) is 8.10. The number of rotatable bonds is 6. The van der Waals surface area contributed by atoms with Gasteiger partial charge in [0.25, 0.3) is 5.91 Å². The van der Waals surface area contributed by atoms with Gasteiger partial charge in [-0.2, -0.15) is 0 Å². The quantitative estimate of drug-likeness (QED) is 0.826. The molecule has 1 atom stereocenters. The fourth-order valence-corrected chi connectivity index (χ4v) is 1.91. The Balaban J connectivity index is 1.80. The van der Waals surface area contributed by atoms with Crippen LogP contribution in [-0.2, 0) is 14.3 Å². The van der Waals surface area contributed by atoms with E-state index in [-0.39, 0.29) is 6.61 Å². The van der Waals surface area contributed by atoms with Crippen LogP contribution in [0, 0.1) is 12.7 Å². The van der Waals surface area contributed by atoms with Crippen LogP contribution in [0.25, 0.3) is 0 Å². The molecule has 0 aliphatic rings. The standard InChI is InChI=1S/C18H18FNO4/c1-12-4-3-5-16(10-12)23-11-17(21)24-13(2)18(22)20-15-8-6-14(19)7-9-15/h3-10,13H,11H2,1-2H3,(H,20,22)/t13-/m1/s1. The maximum absolute atomic E-state index is 12.8. The Morgan fingerprint density at radius 1 is 1.17 bits per heavy atom. The van der Waals surface area contributed by atoms with Crippen LogP contribution in [0.4, 0.5) is 10.1 Å². The summed E-state index contributed by atoms with van der Waals surface area (Å²) in [6.07, 6.45) is -0.997. The molecule has 0 aliphatic heterocycles. The van der Waals surface area contributed by atoms with Crippen molar-refractivity contribution in [3.8, 4) is 5.75 Å². The molecule has 0 spiro atoms. The molecule has 1 amide bonds. The van der Waals surface area contributed by atoms with Crippen molar-refractivity contribution < 1.29 is 23.5 Å². The van der Waals surface area contributed by atoms with Gasteiger partial charge in [0.1, 0.15) is 11.6 Å². The number of anilines is 1. The van der Waals surface area contributed by atoms with Crippen molar-refractivity contribution in [2.24, 2.45) is 0 Å². The maximum Gasteiger partial charge on any atom is 0.344 e. The number of hydrogen-bond donors (Lipinski definition) is 1. The largest absolute Gasteiger partial charge is 0.482 e. The number of carbonyl (C=O) groups excluding carboxylic acids is 2. The van der Waals surface area contributed by atoms with Crippen molar-refractivity contribution in [2.45, 2.75) is 20.0 Å². The zero-order chi connectivity index (χ0) is 17.5. The van der Waals surface area contributed by atoms with Gasteiger partial charge in [-0.15, -0.1) is 0 Å². The van der Waals surface area contributed by atoms with Crippen LogP contribution in [-0.4, -0.2) is 24.6 Å². The molecule has 0 bridgehead atoms. The number of hydrogen-bond acceptors (Lipinski definition) is 4. The lowest BCUT2D eigenvalue weighted by Crippen LogP contribution is -2.31. The van der Waals surface area contributed by atoms with Crippen molar-refractivity contribution in [3.05, 3.63) is 59.9 Å². The van der Waals surface area contributed by atoms with Crippen LogP contribution in [0.1, 0.15) is 12.5 Å². The normalized spacial score (nSPS) is 11.5. The lowest BCUT2D eigenvalue weighted by atomic mass is 10.2. The average molecular weight is 331 g/mol. The molecule has 24 heavy (non-hydrogen) atoms. The minimum Gasteiger partial charge on any atom is -0.482 e. The van der Waals surface area contributed by atoms with E-state index in [1.807, 2.05) is 19.1 Å². The Labute approximate surface area is 139 Å². The molecule has 0 fully saturated rings. The number of amides is 1. The molecule has 2 rings (SSSR count). The summed E-state index contributed by atoms with van der Waals surface area (Å²) < 4.78 is 23.1. The highest BCUT2D eigenvalue weighted by Gasteiger charge is 2.18. The lowest BCUT2D eigenvalue weighted by Gasteiger charge is -2.14. The Morgan fingerprint density at radius 3 is 2.54 bits per heavy atom. The van der Waals surface area contributed by atoms with E-state index in [0.717, 1.165) is 5.56 Å². The number of halogens is 1. The van der Waals surface area contributed by atoms with E-state index in [1.165, 1.54) is 31.2 Å². The van der Waals surface area contributed by atoms with Crippen LogP contribution in [0.15, 0.2) is 48.5 Å². The minimum absolute atomic E-state index is 0.294. The minimum atomic E-state index is -0.997. The fourth-order valence-electron chi connectivity index (χ4n) is 1.91. The summed E-state index contributed by atoms with van der Waals surface area (Å²) in [5.41, 5.74) is 1.42. The van der Waals surface area contributed by atoms with Gasteiger partial charge in [-0.1, -0.05) is 12.1 Å². The second-order valence-electron chi connectivity index (χ2n) is 5.23. The van der Waals surface area contributed by atoms with Crippen LogP contribution in [0.5, 0.6) is 5.75 Å². The molecule has 0 aliphatic carbocycles. The molecular formula is C18H18FNO4. The van der Waals surface area contributed by atoms with Gasteiger partial charge in [-0.05, 0) is 55.8 Å². The van der Waals surface area contributed by atoms with Crippen molar-refractivity contribution in [1.29, 1.82) is 0 Å².